The summed E-state index contributed by atoms with van der Waals surface area (Å²) in [6.07, 6.45) is 0. The lowest BCUT2D eigenvalue weighted by Gasteiger charge is -2.02. The van der Waals surface area contributed by atoms with E-state index < -0.39 is 0 Å². The zero-order valence-electron chi connectivity index (χ0n) is 7.73. The third-order valence-electron chi connectivity index (χ3n) is 1.48. The minimum absolute atomic E-state index is 0.662. The smallest absolute Gasteiger partial charge is 0.0968 e. The summed E-state index contributed by atoms with van der Waals surface area (Å²) in [6, 6.07) is 10.2. The number of hydrogen-bond donors (Lipinski definition) is 0. The molecule has 0 aromatic heterocycles. The molecule has 0 saturated heterocycles. The maximum absolute atomic E-state index is 5.32. The second-order valence-electron chi connectivity index (χ2n) is 2.48. The van der Waals surface area contributed by atoms with Crippen molar-refractivity contribution in [1.29, 1.82) is 0 Å². The van der Waals surface area contributed by atoms with Gasteiger partial charge in [-0.2, -0.15) is 0 Å². The van der Waals surface area contributed by atoms with Gasteiger partial charge in [0.25, 0.3) is 0 Å². The second kappa shape index (κ2) is 6.95. The minimum Gasteiger partial charge on any atom is -0.382 e. The van der Waals surface area contributed by atoms with E-state index in [2.05, 4.69) is 12.1 Å². The highest BCUT2D eigenvalue weighted by molar-refractivity contribution is 7.99. The average Bonchev–Trinajstić information content (AvgIpc) is 2.19. The van der Waals surface area contributed by atoms with Crippen LogP contribution in [0.5, 0.6) is 0 Å². The topological polar surface area (TPSA) is 18.5 Å². The minimum atomic E-state index is 0.662. The Morgan fingerprint density at radius 1 is 1.15 bits per heavy atom. The largest absolute Gasteiger partial charge is 0.382 e. The highest BCUT2D eigenvalue weighted by atomic mass is 32.2. The zero-order valence-corrected chi connectivity index (χ0v) is 8.55. The SMILES string of the molecule is COCCOCSc1ccccc1. The van der Waals surface area contributed by atoms with Gasteiger partial charge in [0.05, 0.1) is 19.2 Å². The van der Waals surface area contributed by atoms with Crippen LogP contribution < -0.4 is 0 Å². The Labute approximate surface area is 83.2 Å². The van der Waals surface area contributed by atoms with Crippen LogP contribution in [0.4, 0.5) is 0 Å². The fourth-order valence-electron chi connectivity index (χ4n) is 0.828. The highest BCUT2D eigenvalue weighted by Crippen LogP contribution is 2.16. The second-order valence-corrected chi connectivity index (χ2v) is 3.47. The van der Waals surface area contributed by atoms with Crippen LogP contribution in [0.15, 0.2) is 35.2 Å². The van der Waals surface area contributed by atoms with Gasteiger partial charge in [-0.05, 0) is 12.1 Å². The summed E-state index contributed by atoms with van der Waals surface area (Å²) in [4.78, 5) is 1.24. The Balaban J connectivity index is 2.07. The van der Waals surface area contributed by atoms with Gasteiger partial charge < -0.3 is 9.47 Å². The molecule has 0 saturated carbocycles. The molecule has 13 heavy (non-hydrogen) atoms. The van der Waals surface area contributed by atoms with Crippen LogP contribution in [0.1, 0.15) is 0 Å². The van der Waals surface area contributed by atoms with E-state index in [1.54, 1.807) is 18.9 Å². The van der Waals surface area contributed by atoms with Crippen LogP contribution >= 0.6 is 11.8 Å². The highest BCUT2D eigenvalue weighted by Gasteiger charge is 1.91. The van der Waals surface area contributed by atoms with Gasteiger partial charge in [-0.15, -0.1) is 0 Å². The molecule has 0 bridgehead atoms. The molecule has 0 aliphatic carbocycles. The van der Waals surface area contributed by atoms with Crippen molar-refractivity contribution < 1.29 is 9.47 Å². The summed E-state index contributed by atoms with van der Waals surface area (Å²) in [5, 5.41) is 0. The summed E-state index contributed by atoms with van der Waals surface area (Å²) >= 11 is 1.69. The molecule has 0 atom stereocenters. The number of benzene rings is 1. The van der Waals surface area contributed by atoms with Crippen molar-refractivity contribution >= 4 is 11.8 Å². The van der Waals surface area contributed by atoms with E-state index >= 15 is 0 Å². The van der Waals surface area contributed by atoms with E-state index in [0.717, 1.165) is 0 Å². The summed E-state index contributed by atoms with van der Waals surface area (Å²) in [6.45, 7) is 1.33. The number of thioether (sulfide) groups is 1. The van der Waals surface area contributed by atoms with Crippen LogP contribution in [0, 0.1) is 0 Å². The maximum Gasteiger partial charge on any atom is 0.0968 e. The summed E-state index contributed by atoms with van der Waals surface area (Å²) in [5.41, 5.74) is 0. The van der Waals surface area contributed by atoms with Crippen molar-refractivity contribution in [1.82, 2.24) is 0 Å². The van der Waals surface area contributed by atoms with Gasteiger partial charge in [-0.25, -0.2) is 0 Å². The van der Waals surface area contributed by atoms with E-state index in [-0.39, 0.29) is 0 Å². The zero-order chi connectivity index (χ0) is 9.36. The normalized spacial score (nSPS) is 10.2. The predicted molar refractivity (Wildman–Crippen MR) is 55.0 cm³/mol. The maximum atomic E-state index is 5.32. The lowest BCUT2D eigenvalue weighted by molar-refractivity contribution is 0.0953. The quantitative estimate of drug-likeness (QED) is 0.397. The van der Waals surface area contributed by atoms with Gasteiger partial charge in [0.15, 0.2) is 0 Å². The fraction of sp³-hybridized carbons (Fsp3) is 0.400. The van der Waals surface area contributed by atoms with Crippen molar-refractivity contribution in [2.45, 2.75) is 4.90 Å². The third kappa shape index (κ3) is 4.93. The Bertz CT molecular complexity index is 213. The van der Waals surface area contributed by atoms with Crippen molar-refractivity contribution in [3.63, 3.8) is 0 Å². The standard InChI is InChI=1S/C10H14O2S/c1-11-7-8-12-9-13-10-5-3-2-4-6-10/h2-6H,7-9H2,1H3. The van der Waals surface area contributed by atoms with Crippen LogP contribution in [-0.4, -0.2) is 26.3 Å². The molecule has 1 aromatic rings. The van der Waals surface area contributed by atoms with Gasteiger partial charge in [0.2, 0.25) is 0 Å². The van der Waals surface area contributed by atoms with E-state index in [0.29, 0.717) is 19.2 Å². The summed E-state index contributed by atoms with van der Waals surface area (Å²) in [5.74, 6) is 0.688. The molecule has 0 spiro atoms. The van der Waals surface area contributed by atoms with Crippen molar-refractivity contribution in [3.05, 3.63) is 30.3 Å². The van der Waals surface area contributed by atoms with Crippen molar-refractivity contribution in [2.75, 3.05) is 26.3 Å². The molecule has 0 aliphatic rings. The van der Waals surface area contributed by atoms with Crippen molar-refractivity contribution in [2.24, 2.45) is 0 Å². The molecule has 3 heteroatoms. The van der Waals surface area contributed by atoms with Crippen LogP contribution in [0.2, 0.25) is 0 Å². The first-order valence-electron chi connectivity index (χ1n) is 4.18. The Morgan fingerprint density at radius 3 is 2.62 bits per heavy atom. The van der Waals surface area contributed by atoms with Crippen LogP contribution in [0.3, 0.4) is 0 Å². The fourth-order valence-corrected chi connectivity index (χ4v) is 1.51. The Morgan fingerprint density at radius 2 is 1.92 bits per heavy atom. The van der Waals surface area contributed by atoms with Gasteiger partial charge in [0.1, 0.15) is 0 Å². The molecule has 0 N–H and O–H groups in total. The molecule has 0 radical (unpaired) electrons. The molecule has 0 fully saturated rings. The lowest BCUT2D eigenvalue weighted by Crippen LogP contribution is -2.00. The first-order chi connectivity index (χ1) is 6.43. The summed E-state index contributed by atoms with van der Waals surface area (Å²) in [7, 11) is 1.67. The van der Waals surface area contributed by atoms with Gasteiger partial charge in [0, 0.05) is 12.0 Å². The number of rotatable bonds is 6. The third-order valence-corrected chi connectivity index (χ3v) is 2.37. The molecular weight excluding hydrogens is 184 g/mol. The first-order valence-corrected chi connectivity index (χ1v) is 5.16. The Kier molecular flexibility index (Phi) is 5.65. The van der Waals surface area contributed by atoms with Gasteiger partial charge in [-0.1, -0.05) is 30.0 Å². The Hall–Kier alpha value is -0.510. The van der Waals surface area contributed by atoms with E-state index in [1.165, 1.54) is 4.90 Å². The molecule has 2 nitrogen and oxygen atoms in total. The van der Waals surface area contributed by atoms with E-state index in [4.69, 9.17) is 9.47 Å². The molecule has 0 amide bonds. The molecule has 0 aliphatic heterocycles. The van der Waals surface area contributed by atoms with Crippen LogP contribution in [0.25, 0.3) is 0 Å². The number of methoxy groups -OCH3 is 1. The van der Waals surface area contributed by atoms with Gasteiger partial charge in [-0.3, -0.25) is 0 Å². The molecule has 1 aromatic carbocycles. The molecule has 0 unspecified atom stereocenters. The predicted octanol–water partition coefficient (Wildman–Crippen LogP) is 2.40. The molecular formula is C10H14O2S. The van der Waals surface area contributed by atoms with Gasteiger partial charge >= 0.3 is 0 Å². The first kappa shape index (κ1) is 10.6. The van der Waals surface area contributed by atoms with Crippen molar-refractivity contribution in [3.8, 4) is 0 Å². The lowest BCUT2D eigenvalue weighted by atomic mass is 10.4. The number of hydrogen-bond acceptors (Lipinski definition) is 3. The monoisotopic (exact) mass is 198 g/mol. The summed E-state index contributed by atoms with van der Waals surface area (Å²) < 4.78 is 10.2. The van der Waals surface area contributed by atoms with E-state index in [1.807, 2.05) is 18.2 Å². The average molecular weight is 198 g/mol. The van der Waals surface area contributed by atoms with E-state index in [9.17, 15) is 0 Å². The molecule has 72 valence electrons. The molecule has 1 rings (SSSR count). The molecule has 0 heterocycles. The number of ether oxygens (including phenoxy) is 2. The van der Waals surface area contributed by atoms with Crippen LogP contribution in [-0.2, 0) is 9.47 Å².